The number of thioether (sulfide) groups is 1. The molecule has 1 N–H and O–H groups in total. The van der Waals surface area contributed by atoms with Crippen LogP contribution in [-0.2, 0) is 18.6 Å². The highest BCUT2D eigenvalue weighted by Crippen LogP contribution is 2.36. The van der Waals surface area contributed by atoms with E-state index in [1.54, 1.807) is 0 Å². The molecule has 116 valence electrons. The first-order valence-corrected chi connectivity index (χ1v) is 9.50. The lowest BCUT2D eigenvalue weighted by Gasteiger charge is -2.16. The highest BCUT2D eigenvalue weighted by Gasteiger charge is 2.22. The molecule has 0 atom stereocenters. The van der Waals surface area contributed by atoms with E-state index in [9.17, 15) is 0 Å². The number of nitrogens with one attached hydrogen (secondary N) is 1. The quantitative estimate of drug-likeness (QED) is 0.576. The Kier molecular flexibility index (Phi) is 4.28. The van der Waals surface area contributed by atoms with Crippen molar-refractivity contribution in [1.82, 2.24) is 0 Å². The topological polar surface area (TPSA) is 14.1 Å². The predicted molar refractivity (Wildman–Crippen MR) is 98.2 cm³/mol. The number of fused-ring (bicyclic) bond motifs is 2. The highest BCUT2D eigenvalue weighted by atomic mass is 35.5. The first-order chi connectivity index (χ1) is 11.3. The molecule has 0 spiro atoms. The van der Waals surface area contributed by atoms with E-state index in [-0.39, 0.29) is 0 Å². The van der Waals surface area contributed by atoms with Gasteiger partial charge in [-0.25, -0.2) is 4.98 Å². The maximum absolute atomic E-state index is 6.12. The molecule has 1 aromatic heterocycles. The van der Waals surface area contributed by atoms with Gasteiger partial charge in [0.15, 0.2) is 5.69 Å². The van der Waals surface area contributed by atoms with Crippen molar-refractivity contribution in [2.24, 2.45) is 0 Å². The Labute approximate surface area is 146 Å². The van der Waals surface area contributed by atoms with Crippen LogP contribution in [0.1, 0.15) is 29.7 Å². The molecule has 0 amide bonds. The summed E-state index contributed by atoms with van der Waals surface area (Å²) in [6, 6.07) is 16.9. The number of H-pyrrole nitrogens is 1. The number of aryl methyl sites for hydroxylation is 1. The average molecular weight is 341 g/mol. The van der Waals surface area contributed by atoms with E-state index in [0.717, 1.165) is 10.8 Å². The molecule has 0 bridgehead atoms. The zero-order valence-electron chi connectivity index (χ0n) is 12.9. The van der Waals surface area contributed by atoms with Crippen molar-refractivity contribution in [2.45, 2.75) is 36.3 Å². The number of aromatic amines is 1. The molecule has 0 radical (unpaired) electrons. The molecule has 1 aliphatic rings. The van der Waals surface area contributed by atoms with E-state index in [2.05, 4.69) is 41.4 Å². The summed E-state index contributed by atoms with van der Waals surface area (Å²) in [5.74, 6) is 0.959. The average Bonchev–Trinajstić information content (AvgIpc) is 2.58. The summed E-state index contributed by atoms with van der Waals surface area (Å²) in [5.41, 5.74) is 5.50. The smallest absolute Gasteiger partial charge is 0.208 e. The molecule has 1 heterocycles. The van der Waals surface area contributed by atoms with Crippen molar-refractivity contribution in [1.29, 1.82) is 0 Å². The number of benzene rings is 2. The number of rotatable bonds is 3. The van der Waals surface area contributed by atoms with Gasteiger partial charge < -0.3 is 0 Å². The molecular formula is C20H19ClNS+. The van der Waals surface area contributed by atoms with Crippen LogP contribution in [0.3, 0.4) is 0 Å². The third-order valence-electron chi connectivity index (χ3n) is 4.47. The monoisotopic (exact) mass is 340 g/mol. The second kappa shape index (κ2) is 6.54. The van der Waals surface area contributed by atoms with Crippen molar-refractivity contribution in [3.05, 3.63) is 70.4 Å². The minimum Gasteiger partial charge on any atom is -0.208 e. The number of halogens is 1. The molecule has 0 saturated heterocycles. The van der Waals surface area contributed by atoms with Gasteiger partial charge in [-0.15, -0.1) is 11.8 Å². The second-order valence-electron chi connectivity index (χ2n) is 6.08. The Morgan fingerprint density at radius 3 is 2.78 bits per heavy atom. The van der Waals surface area contributed by atoms with Gasteiger partial charge in [0.25, 0.3) is 0 Å². The van der Waals surface area contributed by atoms with Gasteiger partial charge in [0.1, 0.15) is 0 Å². The van der Waals surface area contributed by atoms with Crippen LogP contribution in [0.15, 0.2) is 53.4 Å². The Morgan fingerprint density at radius 1 is 1.00 bits per heavy atom. The van der Waals surface area contributed by atoms with Gasteiger partial charge in [0, 0.05) is 33.7 Å². The molecular weight excluding hydrogens is 322 g/mol. The van der Waals surface area contributed by atoms with E-state index in [4.69, 9.17) is 11.6 Å². The molecule has 1 nitrogen and oxygen atoms in total. The Morgan fingerprint density at radius 2 is 1.87 bits per heavy atom. The first kappa shape index (κ1) is 15.0. The molecule has 0 fully saturated rings. The molecule has 0 saturated carbocycles. The van der Waals surface area contributed by atoms with Crippen LogP contribution in [0.4, 0.5) is 0 Å². The Balaban J connectivity index is 1.75. The van der Waals surface area contributed by atoms with E-state index in [1.165, 1.54) is 58.3 Å². The molecule has 3 heteroatoms. The lowest BCUT2D eigenvalue weighted by molar-refractivity contribution is -0.359. The number of aromatic nitrogens is 1. The van der Waals surface area contributed by atoms with Crippen molar-refractivity contribution in [3.8, 4) is 0 Å². The fourth-order valence-corrected chi connectivity index (χ4v) is 4.79. The summed E-state index contributed by atoms with van der Waals surface area (Å²) in [6.07, 6.45) is 4.95. The van der Waals surface area contributed by atoms with Crippen molar-refractivity contribution in [3.63, 3.8) is 0 Å². The standard InChI is InChI=1S/C20H18ClNS/c21-15-7-5-6-14(12-15)13-23-20-16-8-1-3-10-18(16)22-19-11-4-2-9-17(19)20/h1,3,5-8,10,12H,2,4,9,11,13H2/p+1. The summed E-state index contributed by atoms with van der Waals surface area (Å²) in [4.78, 5) is 5.11. The van der Waals surface area contributed by atoms with Crippen LogP contribution in [0.25, 0.3) is 10.9 Å². The van der Waals surface area contributed by atoms with Gasteiger partial charge in [0.05, 0.1) is 5.39 Å². The zero-order chi connectivity index (χ0) is 15.6. The maximum Gasteiger partial charge on any atom is 0.212 e. The third-order valence-corrected chi connectivity index (χ3v) is 5.94. The van der Waals surface area contributed by atoms with E-state index in [0.29, 0.717) is 0 Å². The van der Waals surface area contributed by atoms with E-state index in [1.807, 2.05) is 23.9 Å². The lowest BCUT2D eigenvalue weighted by atomic mass is 9.94. The fraction of sp³-hybridized carbons (Fsp3) is 0.250. The number of para-hydroxylation sites is 1. The largest absolute Gasteiger partial charge is 0.212 e. The summed E-state index contributed by atoms with van der Waals surface area (Å²) < 4.78 is 0. The molecule has 4 rings (SSSR count). The lowest BCUT2D eigenvalue weighted by Crippen LogP contribution is -2.20. The summed E-state index contributed by atoms with van der Waals surface area (Å²) in [5, 5.41) is 2.16. The normalized spacial score (nSPS) is 14.0. The minimum absolute atomic E-state index is 0.816. The van der Waals surface area contributed by atoms with Gasteiger partial charge in [-0.05, 0) is 43.0 Å². The highest BCUT2D eigenvalue weighted by molar-refractivity contribution is 7.98. The second-order valence-corrected chi connectivity index (χ2v) is 7.50. The van der Waals surface area contributed by atoms with Crippen LogP contribution >= 0.6 is 23.4 Å². The molecule has 0 aliphatic heterocycles. The summed E-state index contributed by atoms with van der Waals surface area (Å²) in [7, 11) is 0. The van der Waals surface area contributed by atoms with Crippen molar-refractivity contribution < 1.29 is 4.98 Å². The number of hydrogen-bond donors (Lipinski definition) is 0. The molecule has 0 unspecified atom stereocenters. The van der Waals surface area contributed by atoms with Crippen LogP contribution in [-0.4, -0.2) is 0 Å². The van der Waals surface area contributed by atoms with Gasteiger partial charge in [-0.1, -0.05) is 35.9 Å². The Hall–Kier alpha value is -1.51. The summed E-state index contributed by atoms with van der Waals surface area (Å²) in [6.45, 7) is 0. The fourth-order valence-electron chi connectivity index (χ4n) is 3.36. The summed E-state index contributed by atoms with van der Waals surface area (Å²) >= 11 is 8.07. The van der Waals surface area contributed by atoms with E-state index < -0.39 is 0 Å². The van der Waals surface area contributed by atoms with Crippen LogP contribution in [0, 0.1) is 0 Å². The number of hydrogen-bond acceptors (Lipinski definition) is 1. The van der Waals surface area contributed by atoms with Crippen LogP contribution < -0.4 is 4.98 Å². The predicted octanol–water partition coefficient (Wildman–Crippen LogP) is 5.48. The van der Waals surface area contributed by atoms with E-state index >= 15 is 0 Å². The molecule has 23 heavy (non-hydrogen) atoms. The SMILES string of the molecule is Clc1cccc(CSc2c3c([nH+]c4ccccc24)CCCC3)c1. The van der Waals surface area contributed by atoms with Gasteiger partial charge in [0.2, 0.25) is 5.52 Å². The minimum atomic E-state index is 0.816. The van der Waals surface area contributed by atoms with Crippen LogP contribution in [0.5, 0.6) is 0 Å². The zero-order valence-corrected chi connectivity index (χ0v) is 14.5. The van der Waals surface area contributed by atoms with Gasteiger partial charge in [-0.2, -0.15) is 0 Å². The maximum atomic E-state index is 6.12. The van der Waals surface area contributed by atoms with Crippen LogP contribution in [0.2, 0.25) is 5.02 Å². The molecule has 3 aromatic rings. The molecule has 2 aromatic carbocycles. The van der Waals surface area contributed by atoms with Crippen molar-refractivity contribution >= 4 is 34.3 Å². The molecule has 1 aliphatic carbocycles. The number of pyridine rings is 1. The van der Waals surface area contributed by atoms with Gasteiger partial charge in [-0.3, -0.25) is 0 Å². The Bertz CT molecular complexity index is 859. The van der Waals surface area contributed by atoms with Crippen molar-refractivity contribution in [2.75, 3.05) is 0 Å². The third kappa shape index (κ3) is 3.11. The van der Waals surface area contributed by atoms with Gasteiger partial charge >= 0.3 is 0 Å². The first-order valence-electron chi connectivity index (χ1n) is 8.14.